The Morgan fingerprint density at radius 3 is 2.34 bits per heavy atom. The molecule has 0 radical (unpaired) electrons. The van der Waals surface area contributed by atoms with Gasteiger partial charge < -0.3 is 34.3 Å². The predicted molar refractivity (Wildman–Crippen MR) is 139 cm³/mol. The molecule has 2 amide bonds. The molecule has 1 aliphatic heterocycles. The Balaban J connectivity index is 1.69. The number of hydrogen-bond donors (Lipinski definition) is 2. The monoisotopic (exact) mass is 567 g/mol. The molecule has 0 bridgehead atoms. The summed E-state index contributed by atoms with van der Waals surface area (Å²) in [6.07, 6.45) is 1.47. The number of hydrogen-bond acceptors (Lipinski definition) is 9. The van der Waals surface area contributed by atoms with Crippen molar-refractivity contribution in [3.05, 3.63) is 89.0 Å². The van der Waals surface area contributed by atoms with Gasteiger partial charge in [-0.15, -0.1) is 0 Å². The second-order valence-corrected chi connectivity index (χ2v) is 8.91. The van der Waals surface area contributed by atoms with Crippen LogP contribution in [0.3, 0.4) is 0 Å². The number of benzene rings is 2. The van der Waals surface area contributed by atoms with Crippen molar-refractivity contribution in [2.75, 3.05) is 34.1 Å². The van der Waals surface area contributed by atoms with Crippen LogP contribution in [0, 0.1) is 5.82 Å². The van der Waals surface area contributed by atoms with Gasteiger partial charge in [-0.25, -0.2) is 14.0 Å². The van der Waals surface area contributed by atoms with E-state index in [4.69, 9.17) is 18.9 Å². The lowest BCUT2D eigenvalue weighted by Crippen LogP contribution is -2.54. The Kier molecular flexibility index (Phi) is 8.78. The maximum Gasteiger partial charge on any atom is 0.407 e. The second kappa shape index (κ2) is 12.4. The maximum absolute atomic E-state index is 15.3. The van der Waals surface area contributed by atoms with E-state index in [1.165, 1.54) is 75.1 Å². The standard InChI is InChI=1S/C28H26FN3O9/c1-38-16-40-20-7-8-21(39-2)23(29)22(20)24(33)18-5-3-4-6-19(18)26(35)41-28(11-14-32(15-28)27(36)37)31-25(34)17-9-12-30-13-10-17/h3-10,12-13H,11,14-16H2,1-2H3,(H,31,34)(H,36,37). The molecule has 3 aromatic rings. The highest BCUT2D eigenvalue weighted by atomic mass is 19.1. The van der Waals surface area contributed by atoms with E-state index in [0.717, 1.165) is 4.90 Å². The van der Waals surface area contributed by atoms with Crippen molar-refractivity contribution in [3.8, 4) is 11.5 Å². The van der Waals surface area contributed by atoms with Gasteiger partial charge in [-0.05, 0) is 30.3 Å². The van der Waals surface area contributed by atoms with E-state index in [1.807, 2.05) is 0 Å². The molecule has 4 rings (SSSR count). The summed E-state index contributed by atoms with van der Waals surface area (Å²) in [5.74, 6) is -3.96. The number of methoxy groups -OCH3 is 2. The molecule has 1 atom stereocenters. The van der Waals surface area contributed by atoms with E-state index >= 15 is 4.39 Å². The van der Waals surface area contributed by atoms with E-state index in [9.17, 15) is 24.3 Å². The fourth-order valence-electron chi connectivity index (χ4n) is 4.32. The van der Waals surface area contributed by atoms with Crippen LogP contribution in [0.15, 0.2) is 60.9 Å². The van der Waals surface area contributed by atoms with Crippen LogP contribution in [0.2, 0.25) is 0 Å². The Labute approximate surface area is 233 Å². The third-order valence-corrected chi connectivity index (χ3v) is 6.31. The highest BCUT2D eigenvalue weighted by Crippen LogP contribution is 2.33. The zero-order valence-electron chi connectivity index (χ0n) is 22.1. The lowest BCUT2D eigenvalue weighted by molar-refractivity contribution is -0.0271. The van der Waals surface area contributed by atoms with E-state index in [2.05, 4.69) is 10.3 Å². The van der Waals surface area contributed by atoms with Gasteiger partial charge in [-0.2, -0.15) is 0 Å². The fraction of sp³-hybridized carbons (Fsp3) is 0.250. The van der Waals surface area contributed by atoms with Crippen molar-refractivity contribution in [3.63, 3.8) is 0 Å². The van der Waals surface area contributed by atoms with Crippen LogP contribution in [0.4, 0.5) is 9.18 Å². The van der Waals surface area contributed by atoms with Gasteiger partial charge in [0, 0.05) is 43.6 Å². The third kappa shape index (κ3) is 6.25. The highest BCUT2D eigenvalue weighted by molar-refractivity contribution is 6.16. The van der Waals surface area contributed by atoms with Crippen molar-refractivity contribution in [2.45, 2.75) is 12.1 Å². The fourth-order valence-corrected chi connectivity index (χ4v) is 4.32. The molecule has 0 saturated carbocycles. The van der Waals surface area contributed by atoms with Crippen molar-refractivity contribution in [2.24, 2.45) is 0 Å². The zero-order valence-corrected chi connectivity index (χ0v) is 22.1. The summed E-state index contributed by atoms with van der Waals surface area (Å²) >= 11 is 0. The number of halogens is 1. The molecule has 0 aliphatic carbocycles. The number of nitrogens with zero attached hydrogens (tertiary/aromatic N) is 2. The highest BCUT2D eigenvalue weighted by Gasteiger charge is 2.45. The van der Waals surface area contributed by atoms with Crippen molar-refractivity contribution in [1.29, 1.82) is 0 Å². The quantitative estimate of drug-likeness (QED) is 0.212. The van der Waals surface area contributed by atoms with Crippen LogP contribution < -0.4 is 14.8 Å². The Hall–Kier alpha value is -5.04. The van der Waals surface area contributed by atoms with E-state index in [0.29, 0.717) is 0 Å². The van der Waals surface area contributed by atoms with Gasteiger partial charge in [-0.1, -0.05) is 18.2 Å². The van der Waals surface area contributed by atoms with Crippen LogP contribution >= 0.6 is 0 Å². The first-order valence-electron chi connectivity index (χ1n) is 12.3. The average molecular weight is 568 g/mol. The van der Waals surface area contributed by atoms with Crippen LogP contribution in [0.1, 0.15) is 43.1 Å². The number of pyridine rings is 1. The third-order valence-electron chi connectivity index (χ3n) is 6.31. The van der Waals surface area contributed by atoms with E-state index in [1.54, 1.807) is 0 Å². The molecule has 13 heteroatoms. The SMILES string of the molecule is COCOc1ccc(OC)c(F)c1C(=O)c1ccccc1C(=O)OC1(NC(=O)c2ccncc2)CCN(C(=O)O)C1. The smallest absolute Gasteiger partial charge is 0.407 e. The minimum Gasteiger partial charge on any atom is -0.494 e. The minimum atomic E-state index is -1.75. The number of likely N-dealkylation sites (tertiary alicyclic amines) is 1. The van der Waals surface area contributed by atoms with E-state index < -0.39 is 40.9 Å². The first-order valence-corrected chi connectivity index (χ1v) is 12.3. The van der Waals surface area contributed by atoms with Gasteiger partial charge in [0.2, 0.25) is 11.5 Å². The van der Waals surface area contributed by atoms with Crippen LogP contribution in [-0.2, 0) is 9.47 Å². The number of carbonyl (C=O) groups is 4. The number of nitrogens with one attached hydrogen (secondary N) is 1. The van der Waals surface area contributed by atoms with Crippen molar-refractivity contribution in [1.82, 2.24) is 15.2 Å². The first kappa shape index (κ1) is 29.0. The van der Waals surface area contributed by atoms with Crippen LogP contribution in [-0.4, -0.2) is 78.6 Å². The number of carbonyl (C=O) groups excluding carboxylic acids is 3. The van der Waals surface area contributed by atoms with Gasteiger partial charge >= 0.3 is 12.1 Å². The molecule has 1 aromatic heterocycles. The average Bonchev–Trinajstić information content (AvgIpc) is 3.39. The number of amides is 2. The lowest BCUT2D eigenvalue weighted by Gasteiger charge is -2.30. The molecule has 2 aromatic carbocycles. The van der Waals surface area contributed by atoms with Crippen LogP contribution in [0.25, 0.3) is 0 Å². The summed E-state index contributed by atoms with van der Waals surface area (Å²) in [6.45, 7) is -0.676. The molecule has 1 aliphatic rings. The second-order valence-electron chi connectivity index (χ2n) is 8.91. The normalized spacial score (nSPS) is 16.1. The van der Waals surface area contributed by atoms with Gasteiger partial charge in [-0.3, -0.25) is 14.6 Å². The lowest BCUT2D eigenvalue weighted by atomic mass is 9.97. The number of esters is 1. The Morgan fingerprint density at radius 1 is 1.02 bits per heavy atom. The molecule has 1 saturated heterocycles. The summed E-state index contributed by atoms with van der Waals surface area (Å²) in [4.78, 5) is 56.7. The summed E-state index contributed by atoms with van der Waals surface area (Å²) in [5.41, 5.74) is -2.52. The van der Waals surface area contributed by atoms with Crippen LogP contribution in [0.5, 0.6) is 11.5 Å². The maximum atomic E-state index is 15.3. The van der Waals surface area contributed by atoms with Crippen molar-refractivity contribution >= 4 is 23.8 Å². The molecule has 12 nitrogen and oxygen atoms in total. The molecular formula is C28H26FN3O9. The summed E-state index contributed by atoms with van der Waals surface area (Å²) in [5, 5.41) is 12.1. The molecule has 0 spiro atoms. The van der Waals surface area contributed by atoms with Gasteiger partial charge in [0.15, 0.2) is 18.4 Å². The van der Waals surface area contributed by atoms with Gasteiger partial charge in [0.1, 0.15) is 11.3 Å². The summed E-state index contributed by atoms with van der Waals surface area (Å²) in [6, 6.07) is 11.0. The minimum absolute atomic E-state index is 0.0327. The van der Waals surface area contributed by atoms with Gasteiger partial charge in [0.25, 0.3) is 5.91 Å². The van der Waals surface area contributed by atoms with Crippen molar-refractivity contribution < 1.29 is 47.6 Å². The molecular weight excluding hydrogens is 541 g/mol. The topological polar surface area (TPSA) is 154 Å². The molecule has 2 N–H and O–H groups in total. The Morgan fingerprint density at radius 2 is 1.71 bits per heavy atom. The number of carboxylic acid groups (broad SMARTS) is 1. The molecule has 214 valence electrons. The molecule has 1 unspecified atom stereocenters. The summed E-state index contributed by atoms with van der Waals surface area (Å²) < 4.78 is 36.4. The van der Waals surface area contributed by atoms with Gasteiger partial charge in [0.05, 0.1) is 19.2 Å². The number of ketones is 1. The van der Waals surface area contributed by atoms with E-state index in [-0.39, 0.29) is 54.5 Å². The summed E-state index contributed by atoms with van der Waals surface area (Å²) in [7, 11) is 2.58. The number of aromatic nitrogens is 1. The number of rotatable bonds is 10. The first-order chi connectivity index (χ1) is 19.7. The Bertz CT molecular complexity index is 1470. The predicted octanol–water partition coefficient (Wildman–Crippen LogP) is 3.11. The molecule has 1 fully saturated rings. The molecule has 41 heavy (non-hydrogen) atoms. The number of ether oxygens (including phenoxy) is 4. The largest absolute Gasteiger partial charge is 0.494 e. The molecule has 2 heterocycles. The zero-order chi connectivity index (χ0) is 29.6.